The fourth-order valence-electron chi connectivity index (χ4n) is 2.47. The SMILES string of the molecule is COc1c(C)cc(-c2ccc(C)c(C(=O)O)c2)cc1C. The first-order chi connectivity index (χ1) is 9.43. The first-order valence-corrected chi connectivity index (χ1v) is 6.43. The monoisotopic (exact) mass is 270 g/mol. The van der Waals surface area contributed by atoms with Crippen LogP contribution in [0.15, 0.2) is 30.3 Å². The predicted molar refractivity (Wildman–Crippen MR) is 79.6 cm³/mol. The molecule has 0 aromatic heterocycles. The Labute approximate surface area is 118 Å². The van der Waals surface area contributed by atoms with E-state index >= 15 is 0 Å². The van der Waals surface area contributed by atoms with Gasteiger partial charge in [0, 0.05) is 0 Å². The molecule has 0 radical (unpaired) electrons. The lowest BCUT2D eigenvalue weighted by molar-refractivity contribution is 0.0696. The third-order valence-electron chi connectivity index (χ3n) is 3.47. The second-order valence-electron chi connectivity index (χ2n) is 4.98. The maximum Gasteiger partial charge on any atom is 0.335 e. The molecule has 0 aliphatic heterocycles. The van der Waals surface area contributed by atoms with Crippen LogP contribution in [-0.4, -0.2) is 18.2 Å². The van der Waals surface area contributed by atoms with Crippen LogP contribution in [0.2, 0.25) is 0 Å². The van der Waals surface area contributed by atoms with Crippen molar-refractivity contribution in [3.63, 3.8) is 0 Å². The van der Waals surface area contributed by atoms with E-state index in [9.17, 15) is 9.90 Å². The number of rotatable bonds is 3. The van der Waals surface area contributed by atoms with Crippen molar-refractivity contribution < 1.29 is 14.6 Å². The Kier molecular flexibility index (Phi) is 3.79. The Bertz CT molecular complexity index is 649. The number of ether oxygens (including phenoxy) is 1. The molecule has 0 bridgehead atoms. The Balaban J connectivity index is 2.57. The topological polar surface area (TPSA) is 46.5 Å². The van der Waals surface area contributed by atoms with Crippen molar-refractivity contribution in [2.24, 2.45) is 0 Å². The molecule has 0 atom stereocenters. The number of aromatic carboxylic acids is 1. The van der Waals surface area contributed by atoms with Crippen molar-refractivity contribution >= 4 is 5.97 Å². The molecule has 3 nitrogen and oxygen atoms in total. The highest BCUT2D eigenvalue weighted by Gasteiger charge is 2.11. The summed E-state index contributed by atoms with van der Waals surface area (Å²) in [4.78, 5) is 11.2. The van der Waals surface area contributed by atoms with Gasteiger partial charge in [0.05, 0.1) is 12.7 Å². The highest BCUT2D eigenvalue weighted by atomic mass is 16.5. The number of aryl methyl sites for hydroxylation is 3. The zero-order chi connectivity index (χ0) is 14.9. The van der Waals surface area contributed by atoms with Gasteiger partial charge in [0.1, 0.15) is 5.75 Å². The Morgan fingerprint density at radius 3 is 2.05 bits per heavy atom. The number of hydrogen-bond donors (Lipinski definition) is 1. The molecule has 20 heavy (non-hydrogen) atoms. The summed E-state index contributed by atoms with van der Waals surface area (Å²) in [6.45, 7) is 5.78. The Hall–Kier alpha value is -2.29. The van der Waals surface area contributed by atoms with Gasteiger partial charge in [-0.25, -0.2) is 4.79 Å². The summed E-state index contributed by atoms with van der Waals surface area (Å²) in [7, 11) is 1.66. The van der Waals surface area contributed by atoms with Crippen molar-refractivity contribution in [3.8, 4) is 16.9 Å². The van der Waals surface area contributed by atoms with E-state index in [0.29, 0.717) is 5.56 Å². The zero-order valence-electron chi connectivity index (χ0n) is 12.2. The van der Waals surface area contributed by atoms with Gasteiger partial charge in [-0.05, 0) is 66.8 Å². The fraction of sp³-hybridized carbons (Fsp3) is 0.235. The standard InChI is InChI=1S/C17H18O3/c1-10-5-6-13(9-15(10)17(18)19)14-7-11(2)16(20-4)12(3)8-14/h5-9H,1-4H3,(H,18,19). The number of carboxylic acids is 1. The van der Waals surface area contributed by atoms with Gasteiger partial charge < -0.3 is 9.84 Å². The third kappa shape index (κ3) is 2.52. The van der Waals surface area contributed by atoms with Crippen molar-refractivity contribution in [1.82, 2.24) is 0 Å². The van der Waals surface area contributed by atoms with E-state index in [-0.39, 0.29) is 0 Å². The summed E-state index contributed by atoms with van der Waals surface area (Å²) in [5.41, 5.74) is 5.10. The molecule has 0 amide bonds. The molecule has 0 aliphatic carbocycles. The van der Waals surface area contributed by atoms with Crippen LogP contribution < -0.4 is 4.74 Å². The van der Waals surface area contributed by atoms with E-state index < -0.39 is 5.97 Å². The minimum Gasteiger partial charge on any atom is -0.496 e. The highest BCUT2D eigenvalue weighted by Crippen LogP contribution is 2.30. The minimum absolute atomic E-state index is 0.341. The van der Waals surface area contributed by atoms with Gasteiger partial charge in [-0.1, -0.05) is 12.1 Å². The van der Waals surface area contributed by atoms with Gasteiger partial charge in [0.2, 0.25) is 0 Å². The van der Waals surface area contributed by atoms with E-state index in [1.54, 1.807) is 20.1 Å². The molecule has 1 N–H and O–H groups in total. The van der Waals surface area contributed by atoms with Gasteiger partial charge in [-0.3, -0.25) is 0 Å². The van der Waals surface area contributed by atoms with E-state index in [0.717, 1.165) is 33.6 Å². The number of benzene rings is 2. The lowest BCUT2D eigenvalue weighted by Gasteiger charge is -2.12. The smallest absolute Gasteiger partial charge is 0.335 e. The van der Waals surface area contributed by atoms with Crippen LogP contribution in [0.1, 0.15) is 27.0 Å². The molecule has 0 fully saturated rings. The molecule has 0 saturated heterocycles. The van der Waals surface area contributed by atoms with Crippen LogP contribution >= 0.6 is 0 Å². The van der Waals surface area contributed by atoms with Crippen LogP contribution in [-0.2, 0) is 0 Å². The lowest BCUT2D eigenvalue weighted by Crippen LogP contribution is -2.00. The van der Waals surface area contributed by atoms with Crippen molar-refractivity contribution in [2.45, 2.75) is 20.8 Å². The molecule has 2 aromatic rings. The maximum atomic E-state index is 11.2. The average molecular weight is 270 g/mol. The summed E-state index contributed by atoms with van der Waals surface area (Å²) in [6.07, 6.45) is 0. The van der Waals surface area contributed by atoms with Crippen LogP contribution in [0.3, 0.4) is 0 Å². The number of carbonyl (C=O) groups is 1. The van der Waals surface area contributed by atoms with Gasteiger partial charge in [0.15, 0.2) is 0 Å². The summed E-state index contributed by atoms with van der Waals surface area (Å²) < 4.78 is 5.35. The molecule has 0 unspecified atom stereocenters. The van der Waals surface area contributed by atoms with Gasteiger partial charge in [-0.2, -0.15) is 0 Å². The van der Waals surface area contributed by atoms with Crippen LogP contribution in [0.25, 0.3) is 11.1 Å². The molecule has 0 aliphatic rings. The number of carboxylic acid groups (broad SMARTS) is 1. The molecular formula is C17H18O3. The van der Waals surface area contributed by atoms with Crippen LogP contribution in [0.5, 0.6) is 5.75 Å². The third-order valence-corrected chi connectivity index (χ3v) is 3.47. The summed E-state index contributed by atoms with van der Waals surface area (Å²) >= 11 is 0. The molecular weight excluding hydrogens is 252 g/mol. The number of hydrogen-bond acceptors (Lipinski definition) is 2. The largest absolute Gasteiger partial charge is 0.496 e. The molecule has 3 heteroatoms. The normalized spacial score (nSPS) is 10.4. The molecule has 2 rings (SSSR count). The van der Waals surface area contributed by atoms with Gasteiger partial charge >= 0.3 is 5.97 Å². The highest BCUT2D eigenvalue weighted by molar-refractivity contribution is 5.91. The second kappa shape index (κ2) is 5.37. The second-order valence-corrected chi connectivity index (χ2v) is 4.98. The van der Waals surface area contributed by atoms with Gasteiger partial charge in [0.25, 0.3) is 0 Å². The molecule has 104 valence electrons. The number of methoxy groups -OCH3 is 1. The van der Waals surface area contributed by atoms with Crippen LogP contribution in [0.4, 0.5) is 0 Å². The van der Waals surface area contributed by atoms with Crippen molar-refractivity contribution in [2.75, 3.05) is 7.11 Å². The molecule has 2 aromatic carbocycles. The average Bonchev–Trinajstić information content (AvgIpc) is 2.38. The molecule has 0 saturated carbocycles. The first kappa shape index (κ1) is 14.1. The fourth-order valence-corrected chi connectivity index (χ4v) is 2.47. The Morgan fingerprint density at radius 1 is 0.950 bits per heavy atom. The van der Waals surface area contributed by atoms with Crippen molar-refractivity contribution in [1.29, 1.82) is 0 Å². The predicted octanol–water partition coefficient (Wildman–Crippen LogP) is 3.99. The van der Waals surface area contributed by atoms with E-state index in [2.05, 4.69) is 0 Å². The molecule has 0 heterocycles. The van der Waals surface area contributed by atoms with Crippen LogP contribution in [0, 0.1) is 20.8 Å². The minimum atomic E-state index is -0.897. The summed E-state index contributed by atoms with van der Waals surface area (Å²) in [5.74, 6) is -0.0226. The van der Waals surface area contributed by atoms with Gasteiger partial charge in [-0.15, -0.1) is 0 Å². The zero-order valence-corrected chi connectivity index (χ0v) is 12.2. The molecule has 0 spiro atoms. The Morgan fingerprint density at radius 2 is 1.55 bits per heavy atom. The van der Waals surface area contributed by atoms with Crippen molar-refractivity contribution in [3.05, 3.63) is 52.6 Å². The summed E-state index contributed by atoms with van der Waals surface area (Å²) in [5, 5.41) is 9.21. The summed E-state index contributed by atoms with van der Waals surface area (Å²) in [6, 6.07) is 9.54. The van der Waals surface area contributed by atoms with E-state index in [1.165, 1.54) is 0 Å². The lowest BCUT2D eigenvalue weighted by atomic mass is 9.96. The quantitative estimate of drug-likeness (QED) is 0.917. The maximum absolute atomic E-state index is 11.2. The van der Waals surface area contributed by atoms with E-state index in [4.69, 9.17) is 4.74 Å². The van der Waals surface area contributed by atoms with E-state index in [1.807, 2.05) is 38.1 Å². The first-order valence-electron chi connectivity index (χ1n) is 6.43.